The normalized spacial score (nSPS) is 10.1. The number of nitrogen functional groups attached to an aromatic ring is 1. The van der Waals surface area contributed by atoms with E-state index in [1.54, 1.807) is 0 Å². The molecule has 0 aliphatic carbocycles. The van der Waals surface area contributed by atoms with Gasteiger partial charge in [0.05, 0.1) is 9.95 Å². The zero-order valence-corrected chi connectivity index (χ0v) is 10.7. The molecule has 1 aromatic heterocycles. The van der Waals surface area contributed by atoms with Crippen LogP contribution < -0.4 is 10.5 Å². The van der Waals surface area contributed by atoms with Crippen LogP contribution in [-0.4, -0.2) is 20.7 Å². The predicted octanol–water partition coefficient (Wildman–Crippen LogP) is 2.11. The first-order valence-corrected chi connectivity index (χ1v) is 5.65. The smallest absolute Gasteiger partial charge is 0.322 e. The van der Waals surface area contributed by atoms with Gasteiger partial charge in [-0.15, -0.1) is 0 Å². The number of para-hydroxylation sites is 1. The van der Waals surface area contributed by atoms with Crippen molar-refractivity contribution < 1.29 is 9.66 Å². The number of rotatable bonds is 4. The third kappa shape index (κ3) is 2.81. The molecule has 0 aliphatic rings. The van der Waals surface area contributed by atoms with Crippen molar-refractivity contribution in [3.05, 3.63) is 51.3 Å². The monoisotopic (exact) mass is 293 g/mol. The number of halogens is 1. The Balaban J connectivity index is 2.42. The van der Waals surface area contributed by atoms with Crippen molar-refractivity contribution in [2.45, 2.75) is 0 Å². The Morgan fingerprint density at radius 2 is 2.20 bits per heavy atom. The molecule has 2 aromatic rings. The van der Waals surface area contributed by atoms with Gasteiger partial charge < -0.3 is 10.5 Å². The van der Waals surface area contributed by atoms with Crippen molar-refractivity contribution in [3.8, 4) is 11.8 Å². The molecule has 8 nitrogen and oxygen atoms in total. The predicted molar refractivity (Wildman–Crippen MR) is 71.2 cm³/mol. The van der Waals surface area contributed by atoms with Crippen molar-refractivity contribution in [3.63, 3.8) is 0 Å². The summed E-state index contributed by atoms with van der Waals surface area (Å²) < 4.78 is 5.24. The fourth-order valence-corrected chi connectivity index (χ4v) is 1.58. The maximum atomic E-state index is 10.9. The number of nitro groups is 1. The highest BCUT2D eigenvalue weighted by Crippen LogP contribution is 2.36. The summed E-state index contributed by atoms with van der Waals surface area (Å²) in [5.74, 6) is -0.439. The number of nitrogens with two attached hydrogens (primary N) is 1. The summed E-state index contributed by atoms with van der Waals surface area (Å²) in [7, 11) is 0. The third-order valence-electron chi connectivity index (χ3n) is 2.25. The summed E-state index contributed by atoms with van der Waals surface area (Å²) in [5, 5.41) is 18.2. The molecule has 0 bridgehead atoms. The Morgan fingerprint density at radius 1 is 1.45 bits per heavy atom. The minimum Gasteiger partial charge on any atom is -0.415 e. The lowest BCUT2D eigenvalue weighted by Gasteiger charge is -2.06. The molecule has 1 aromatic carbocycles. The van der Waals surface area contributed by atoms with Gasteiger partial charge in [-0.1, -0.05) is 17.7 Å². The number of hydrogen-bond acceptors (Lipinski definition) is 6. The molecule has 1 heterocycles. The molecule has 3 N–H and O–H groups in total. The highest BCUT2D eigenvalue weighted by molar-refractivity contribution is 6.32. The number of nitro benzene ring substituents is 1. The van der Waals surface area contributed by atoms with Crippen LogP contribution in [0.1, 0.15) is 5.69 Å². The second kappa shape index (κ2) is 5.49. The fourth-order valence-electron chi connectivity index (χ4n) is 1.37. The Labute approximate surface area is 117 Å². The van der Waals surface area contributed by atoms with E-state index in [1.165, 1.54) is 30.5 Å². The van der Waals surface area contributed by atoms with E-state index in [-0.39, 0.29) is 34.0 Å². The summed E-state index contributed by atoms with van der Waals surface area (Å²) in [4.78, 5) is 17.9. The lowest BCUT2D eigenvalue weighted by atomic mass is 10.3. The maximum absolute atomic E-state index is 10.9. The van der Waals surface area contributed by atoms with Crippen LogP contribution in [0.2, 0.25) is 5.02 Å². The average molecular weight is 294 g/mol. The molecule has 0 radical (unpaired) electrons. The Bertz CT molecular complexity index is 692. The van der Waals surface area contributed by atoms with Crippen LogP contribution in [0.25, 0.3) is 0 Å². The zero-order chi connectivity index (χ0) is 14.7. The summed E-state index contributed by atoms with van der Waals surface area (Å²) in [5.41, 5.74) is 5.12. The van der Waals surface area contributed by atoms with Crippen molar-refractivity contribution in [2.24, 2.45) is 5.73 Å². The number of ether oxygens (including phenoxy) is 1. The minimum atomic E-state index is -0.629. The molecule has 0 saturated heterocycles. The van der Waals surface area contributed by atoms with Gasteiger partial charge in [-0.3, -0.25) is 15.5 Å². The lowest BCUT2D eigenvalue weighted by molar-refractivity contribution is -0.385. The maximum Gasteiger partial charge on any atom is 0.322 e. The van der Waals surface area contributed by atoms with E-state index in [9.17, 15) is 10.1 Å². The van der Waals surface area contributed by atoms with Crippen molar-refractivity contribution in [1.29, 1.82) is 5.41 Å². The van der Waals surface area contributed by atoms with Crippen LogP contribution in [0.4, 0.5) is 5.69 Å². The molecule has 20 heavy (non-hydrogen) atoms. The van der Waals surface area contributed by atoms with Gasteiger partial charge in [0.2, 0.25) is 5.75 Å². The minimum absolute atomic E-state index is 0.0519. The number of nitrogens with zero attached hydrogens (tertiary/aromatic N) is 3. The Morgan fingerprint density at radius 3 is 2.85 bits per heavy atom. The first kappa shape index (κ1) is 13.7. The van der Waals surface area contributed by atoms with Crippen LogP contribution in [0, 0.1) is 15.5 Å². The average Bonchev–Trinajstić information content (AvgIpc) is 2.41. The number of amidine groups is 1. The molecule has 0 aliphatic heterocycles. The molecule has 0 amide bonds. The molecular weight excluding hydrogens is 286 g/mol. The van der Waals surface area contributed by atoms with E-state index in [0.717, 1.165) is 0 Å². The number of hydrogen-bond donors (Lipinski definition) is 2. The molecule has 9 heteroatoms. The van der Waals surface area contributed by atoms with Crippen molar-refractivity contribution in [2.75, 3.05) is 0 Å². The van der Waals surface area contributed by atoms with Crippen LogP contribution in [-0.2, 0) is 0 Å². The van der Waals surface area contributed by atoms with E-state index in [2.05, 4.69) is 9.97 Å². The zero-order valence-electron chi connectivity index (χ0n) is 9.91. The van der Waals surface area contributed by atoms with Gasteiger partial charge in [0.1, 0.15) is 11.5 Å². The van der Waals surface area contributed by atoms with Gasteiger partial charge in [0.25, 0.3) is 0 Å². The summed E-state index contributed by atoms with van der Waals surface area (Å²) in [6, 6.07) is 5.35. The van der Waals surface area contributed by atoms with Crippen LogP contribution >= 0.6 is 11.6 Å². The Kier molecular flexibility index (Phi) is 3.76. The second-order valence-electron chi connectivity index (χ2n) is 3.59. The number of aromatic nitrogens is 2. The molecular formula is C11H8ClN5O3. The molecule has 2 rings (SSSR count). The Hall–Kier alpha value is -2.74. The van der Waals surface area contributed by atoms with Crippen LogP contribution in [0.3, 0.4) is 0 Å². The molecule has 0 saturated carbocycles. The van der Waals surface area contributed by atoms with Gasteiger partial charge in [0.15, 0.2) is 0 Å². The van der Waals surface area contributed by atoms with E-state index >= 15 is 0 Å². The lowest BCUT2D eigenvalue weighted by Crippen LogP contribution is -2.13. The SMILES string of the molecule is N=C(N)c1ccnc(Oc2c(Cl)cccc2[N+](=O)[O-])n1. The fraction of sp³-hybridized carbons (Fsp3) is 0. The highest BCUT2D eigenvalue weighted by Gasteiger charge is 2.20. The van der Waals surface area contributed by atoms with E-state index in [4.69, 9.17) is 27.5 Å². The molecule has 0 unspecified atom stereocenters. The topological polar surface area (TPSA) is 128 Å². The molecule has 0 spiro atoms. The van der Waals surface area contributed by atoms with E-state index in [0.29, 0.717) is 0 Å². The largest absolute Gasteiger partial charge is 0.415 e. The van der Waals surface area contributed by atoms with E-state index in [1.807, 2.05) is 0 Å². The molecule has 0 atom stereocenters. The number of benzene rings is 1. The quantitative estimate of drug-likeness (QED) is 0.384. The third-order valence-corrected chi connectivity index (χ3v) is 2.54. The van der Waals surface area contributed by atoms with E-state index < -0.39 is 4.92 Å². The summed E-state index contributed by atoms with van der Waals surface area (Å²) in [6.45, 7) is 0. The van der Waals surface area contributed by atoms with Crippen LogP contribution in [0.15, 0.2) is 30.5 Å². The molecule has 102 valence electrons. The first-order valence-electron chi connectivity index (χ1n) is 5.27. The number of nitrogens with one attached hydrogen (secondary N) is 1. The van der Waals surface area contributed by atoms with Crippen LogP contribution in [0.5, 0.6) is 11.8 Å². The first-order chi connectivity index (χ1) is 9.49. The standard InChI is InChI=1S/C11H8ClN5O3/c12-6-2-1-3-8(17(18)19)9(6)20-11-15-5-4-7(16-11)10(13)14/h1-5H,(H3,13,14). The van der Waals surface area contributed by atoms with Crippen molar-refractivity contribution >= 4 is 23.1 Å². The molecule has 0 fully saturated rings. The van der Waals surface area contributed by atoms with Crippen molar-refractivity contribution in [1.82, 2.24) is 9.97 Å². The second-order valence-corrected chi connectivity index (χ2v) is 3.99. The van der Waals surface area contributed by atoms with Gasteiger partial charge in [-0.05, 0) is 12.1 Å². The summed E-state index contributed by atoms with van der Waals surface area (Å²) >= 11 is 5.87. The van der Waals surface area contributed by atoms with Gasteiger partial charge in [-0.25, -0.2) is 4.98 Å². The highest BCUT2D eigenvalue weighted by atomic mass is 35.5. The van der Waals surface area contributed by atoms with Gasteiger partial charge in [0, 0.05) is 12.3 Å². The van der Waals surface area contributed by atoms with Gasteiger partial charge >= 0.3 is 11.7 Å². The van der Waals surface area contributed by atoms with Gasteiger partial charge in [-0.2, -0.15) is 4.98 Å². The summed E-state index contributed by atoms with van der Waals surface area (Å²) in [6.07, 6.45) is 1.32.